The molecule has 0 amide bonds. The fourth-order valence-electron chi connectivity index (χ4n) is 2.35. The Labute approximate surface area is 114 Å². The summed E-state index contributed by atoms with van der Waals surface area (Å²) in [6.45, 7) is 6.72. The van der Waals surface area contributed by atoms with Crippen molar-refractivity contribution >= 4 is 23.2 Å². The second kappa shape index (κ2) is 4.79. The van der Waals surface area contributed by atoms with Gasteiger partial charge in [-0.25, -0.2) is 0 Å². The summed E-state index contributed by atoms with van der Waals surface area (Å²) in [7, 11) is 0. The summed E-state index contributed by atoms with van der Waals surface area (Å²) >= 11 is 12.0. The van der Waals surface area contributed by atoms with Crippen LogP contribution in [0.4, 0.5) is 0 Å². The maximum Gasteiger partial charge on any atom is 0.0595 e. The largest absolute Gasteiger partial charge is 0.305 e. The normalized spacial score (nSPS) is 18.2. The first-order valence-corrected chi connectivity index (χ1v) is 6.88. The van der Waals surface area contributed by atoms with Crippen molar-refractivity contribution in [1.82, 2.24) is 5.32 Å². The van der Waals surface area contributed by atoms with Crippen molar-refractivity contribution in [3.8, 4) is 0 Å². The quantitative estimate of drug-likeness (QED) is 0.827. The second-order valence-corrected chi connectivity index (χ2v) is 6.35. The molecule has 17 heavy (non-hydrogen) atoms. The molecule has 0 aromatic heterocycles. The fourth-order valence-corrected chi connectivity index (χ4v) is 2.65. The summed E-state index contributed by atoms with van der Waals surface area (Å²) in [4.78, 5) is 0. The van der Waals surface area contributed by atoms with E-state index in [1.54, 1.807) is 0 Å². The molecule has 1 N–H and O–H groups in total. The van der Waals surface area contributed by atoms with Crippen LogP contribution in [0.3, 0.4) is 0 Å². The lowest BCUT2D eigenvalue weighted by Gasteiger charge is -2.30. The molecule has 1 aliphatic carbocycles. The van der Waals surface area contributed by atoms with Crippen molar-refractivity contribution in [3.63, 3.8) is 0 Å². The third-order valence-corrected chi connectivity index (χ3v) is 4.37. The van der Waals surface area contributed by atoms with Crippen LogP contribution >= 0.6 is 23.2 Å². The third-order valence-electron chi connectivity index (χ3n) is 3.63. The zero-order chi connectivity index (χ0) is 12.6. The monoisotopic (exact) mass is 271 g/mol. The van der Waals surface area contributed by atoms with Crippen molar-refractivity contribution in [1.29, 1.82) is 0 Å². The summed E-state index contributed by atoms with van der Waals surface area (Å²) in [5.41, 5.74) is 1.39. The van der Waals surface area contributed by atoms with Crippen LogP contribution in [0.15, 0.2) is 18.2 Å². The number of halogens is 2. The van der Waals surface area contributed by atoms with E-state index in [2.05, 4.69) is 26.1 Å². The number of nitrogens with one attached hydrogen (secondary N) is 1. The molecule has 1 aromatic carbocycles. The SMILES string of the molecule is CC(NC(C)(C)C1CC1)c1ccc(Cl)c(Cl)c1. The average Bonchev–Trinajstić information content (AvgIpc) is 3.04. The van der Waals surface area contributed by atoms with E-state index in [-0.39, 0.29) is 5.54 Å². The van der Waals surface area contributed by atoms with Gasteiger partial charge in [0, 0.05) is 11.6 Å². The highest BCUT2D eigenvalue weighted by Gasteiger charge is 2.38. The Morgan fingerprint density at radius 1 is 1.24 bits per heavy atom. The fraction of sp³-hybridized carbons (Fsp3) is 0.571. The summed E-state index contributed by atoms with van der Waals surface area (Å²) in [5, 5.41) is 4.92. The predicted molar refractivity (Wildman–Crippen MR) is 74.8 cm³/mol. The second-order valence-electron chi connectivity index (χ2n) is 5.54. The van der Waals surface area contributed by atoms with Gasteiger partial charge in [-0.3, -0.25) is 0 Å². The summed E-state index contributed by atoms with van der Waals surface area (Å²) in [5.74, 6) is 0.813. The molecule has 3 heteroatoms. The van der Waals surface area contributed by atoms with Crippen molar-refractivity contribution in [3.05, 3.63) is 33.8 Å². The summed E-state index contributed by atoms with van der Waals surface area (Å²) in [6.07, 6.45) is 2.68. The average molecular weight is 272 g/mol. The summed E-state index contributed by atoms with van der Waals surface area (Å²) in [6, 6.07) is 6.14. The molecule has 0 heterocycles. The molecular formula is C14H19Cl2N. The highest BCUT2D eigenvalue weighted by Crippen LogP contribution is 2.40. The Morgan fingerprint density at radius 2 is 1.88 bits per heavy atom. The standard InChI is InChI=1S/C14H19Cl2N/c1-9(17-14(2,3)11-5-6-11)10-4-7-12(15)13(16)8-10/h4,7-9,11,17H,5-6H2,1-3H3. The highest BCUT2D eigenvalue weighted by atomic mass is 35.5. The van der Waals surface area contributed by atoms with Gasteiger partial charge in [0.1, 0.15) is 0 Å². The number of rotatable bonds is 4. The zero-order valence-corrected chi connectivity index (χ0v) is 12.1. The van der Waals surface area contributed by atoms with Crippen LogP contribution in [0.5, 0.6) is 0 Å². The lowest BCUT2D eigenvalue weighted by atomic mass is 9.96. The first-order valence-electron chi connectivity index (χ1n) is 6.13. The Hall–Kier alpha value is -0.240. The maximum absolute atomic E-state index is 6.04. The van der Waals surface area contributed by atoms with Crippen molar-refractivity contribution in [2.75, 3.05) is 0 Å². The van der Waals surface area contributed by atoms with Gasteiger partial charge in [-0.15, -0.1) is 0 Å². The molecule has 0 bridgehead atoms. The molecule has 1 saturated carbocycles. The van der Waals surface area contributed by atoms with Crippen LogP contribution in [-0.2, 0) is 0 Å². The first-order chi connectivity index (χ1) is 7.90. The molecule has 1 unspecified atom stereocenters. The number of hydrogen-bond donors (Lipinski definition) is 1. The molecule has 0 spiro atoms. The van der Waals surface area contributed by atoms with Crippen molar-refractivity contribution in [2.45, 2.75) is 45.2 Å². The van der Waals surface area contributed by atoms with Crippen LogP contribution in [-0.4, -0.2) is 5.54 Å². The molecule has 0 aliphatic heterocycles. The number of hydrogen-bond acceptors (Lipinski definition) is 1. The lowest BCUT2D eigenvalue weighted by Crippen LogP contribution is -2.42. The van der Waals surface area contributed by atoms with E-state index in [9.17, 15) is 0 Å². The Morgan fingerprint density at radius 3 is 2.41 bits per heavy atom. The molecule has 1 aromatic rings. The smallest absolute Gasteiger partial charge is 0.0595 e. The highest BCUT2D eigenvalue weighted by molar-refractivity contribution is 6.42. The molecule has 1 atom stereocenters. The lowest BCUT2D eigenvalue weighted by molar-refractivity contribution is 0.308. The molecular weight excluding hydrogens is 253 g/mol. The topological polar surface area (TPSA) is 12.0 Å². The maximum atomic E-state index is 6.04. The molecule has 1 aliphatic rings. The first kappa shape index (κ1) is 13.2. The van der Waals surface area contributed by atoms with E-state index in [4.69, 9.17) is 23.2 Å². The van der Waals surface area contributed by atoms with E-state index >= 15 is 0 Å². The van der Waals surface area contributed by atoms with Gasteiger partial charge in [0.25, 0.3) is 0 Å². The summed E-state index contributed by atoms with van der Waals surface area (Å²) < 4.78 is 0. The zero-order valence-electron chi connectivity index (χ0n) is 10.6. The van der Waals surface area contributed by atoms with Gasteiger partial charge >= 0.3 is 0 Å². The van der Waals surface area contributed by atoms with Crippen LogP contribution in [0, 0.1) is 5.92 Å². The van der Waals surface area contributed by atoms with Crippen molar-refractivity contribution < 1.29 is 0 Å². The molecule has 1 fully saturated rings. The minimum Gasteiger partial charge on any atom is -0.305 e. The van der Waals surface area contributed by atoms with Gasteiger partial charge in [-0.1, -0.05) is 29.3 Å². The van der Waals surface area contributed by atoms with E-state index in [0.717, 1.165) is 5.92 Å². The van der Waals surface area contributed by atoms with Gasteiger partial charge < -0.3 is 5.32 Å². The predicted octanol–water partition coefficient (Wildman–Crippen LogP) is 4.83. The van der Waals surface area contributed by atoms with Crippen molar-refractivity contribution in [2.24, 2.45) is 5.92 Å². The number of benzene rings is 1. The van der Waals surface area contributed by atoms with Gasteiger partial charge in [0.15, 0.2) is 0 Å². The Kier molecular flexibility index (Phi) is 3.72. The van der Waals surface area contributed by atoms with Gasteiger partial charge in [-0.05, 0) is 57.2 Å². The molecule has 1 nitrogen and oxygen atoms in total. The van der Waals surface area contributed by atoms with Crippen LogP contribution in [0.25, 0.3) is 0 Å². The van der Waals surface area contributed by atoms with Gasteiger partial charge in [0.05, 0.1) is 10.0 Å². The third kappa shape index (κ3) is 3.15. The van der Waals surface area contributed by atoms with E-state index in [1.165, 1.54) is 18.4 Å². The van der Waals surface area contributed by atoms with Crippen LogP contribution in [0.1, 0.15) is 45.2 Å². The van der Waals surface area contributed by atoms with Gasteiger partial charge in [-0.2, -0.15) is 0 Å². The van der Waals surface area contributed by atoms with Crippen LogP contribution in [0.2, 0.25) is 10.0 Å². The molecule has 94 valence electrons. The van der Waals surface area contributed by atoms with Crippen LogP contribution < -0.4 is 5.32 Å². The minimum atomic E-state index is 0.200. The molecule has 0 radical (unpaired) electrons. The van der Waals surface area contributed by atoms with Gasteiger partial charge in [0.2, 0.25) is 0 Å². The molecule has 0 saturated heterocycles. The van der Waals surface area contributed by atoms with E-state index < -0.39 is 0 Å². The molecule has 2 rings (SSSR count). The Balaban J connectivity index is 2.08. The Bertz CT molecular complexity index is 411. The van der Waals surface area contributed by atoms with E-state index in [0.29, 0.717) is 16.1 Å². The minimum absolute atomic E-state index is 0.200. The van der Waals surface area contributed by atoms with E-state index in [1.807, 2.05) is 18.2 Å².